The predicted octanol–water partition coefficient (Wildman–Crippen LogP) is 2.38. The van der Waals surface area contributed by atoms with Crippen molar-refractivity contribution in [1.82, 2.24) is 9.21 Å². The summed E-state index contributed by atoms with van der Waals surface area (Å²) in [6.45, 7) is 6.58. The van der Waals surface area contributed by atoms with Gasteiger partial charge in [-0.2, -0.15) is 9.57 Å². The van der Waals surface area contributed by atoms with Crippen LogP contribution in [-0.4, -0.2) is 49.8 Å². The average molecular weight is 335 g/mol. The van der Waals surface area contributed by atoms with E-state index in [0.717, 1.165) is 24.9 Å². The summed E-state index contributed by atoms with van der Waals surface area (Å²) in [5, 5.41) is 9.05. The molecule has 2 rings (SSSR count). The molecule has 1 aliphatic rings. The number of piperazine rings is 1. The fourth-order valence-electron chi connectivity index (χ4n) is 2.90. The maximum absolute atomic E-state index is 12.8. The standard InChI is InChI=1S/C17H25N3O2S/c1-3-4-11-19-12-13-20(14-16(19)9-10-18)23(21,22)17-7-5-15(2)6-8-17/h5-8,16H,3-4,9,11-14H2,1-2H3. The van der Waals surface area contributed by atoms with Gasteiger partial charge in [-0.05, 0) is 32.0 Å². The molecule has 0 aromatic heterocycles. The second kappa shape index (κ2) is 7.91. The zero-order chi connectivity index (χ0) is 16.9. The Kier molecular flexibility index (Phi) is 6.17. The van der Waals surface area contributed by atoms with Crippen LogP contribution in [-0.2, 0) is 10.0 Å². The molecule has 5 nitrogen and oxygen atoms in total. The summed E-state index contributed by atoms with van der Waals surface area (Å²) in [7, 11) is -3.48. The van der Waals surface area contributed by atoms with Gasteiger partial charge in [-0.1, -0.05) is 31.0 Å². The molecule has 1 aromatic rings. The molecule has 0 saturated carbocycles. The van der Waals surface area contributed by atoms with Crippen LogP contribution in [0.4, 0.5) is 0 Å². The average Bonchev–Trinajstić information content (AvgIpc) is 2.54. The van der Waals surface area contributed by atoms with Gasteiger partial charge in [-0.3, -0.25) is 4.90 Å². The van der Waals surface area contributed by atoms with E-state index < -0.39 is 10.0 Å². The molecule has 0 bridgehead atoms. The van der Waals surface area contributed by atoms with E-state index in [1.807, 2.05) is 19.1 Å². The van der Waals surface area contributed by atoms with Crippen molar-refractivity contribution < 1.29 is 8.42 Å². The summed E-state index contributed by atoms with van der Waals surface area (Å²) in [6.07, 6.45) is 2.54. The topological polar surface area (TPSA) is 64.4 Å². The highest BCUT2D eigenvalue weighted by Crippen LogP contribution is 2.22. The summed E-state index contributed by atoms with van der Waals surface area (Å²) in [5.41, 5.74) is 1.04. The number of nitrogens with zero attached hydrogens (tertiary/aromatic N) is 3. The smallest absolute Gasteiger partial charge is 0.243 e. The minimum Gasteiger partial charge on any atom is -0.297 e. The third-order valence-corrected chi connectivity index (χ3v) is 6.23. The molecule has 0 aliphatic carbocycles. The molecule has 1 fully saturated rings. The fraction of sp³-hybridized carbons (Fsp3) is 0.588. The number of hydrogen-bond acceptors (Lipinski definition) is 4. The van der Waals surface area contributed by atoms with Crippen LogP contribution in [0.5, 0.6) is 0 Å². The Morgan fingerprint density at radius 1 is 1.26 bits per heavy atom. The van der Waals surface area contributed by atoms with Gasteiger partial charge in [0.05, 0.1) is 17.4 Å². The molecule has 1 saturated heterocycles. The maximum Gasteiger partial charge on any atom is 0.243 e. The first kappa shape index (κ1) is 17.9. The molecule has 126 valence electrons. The first-order valence-corrected chi connectivity index (χ1v) is 9.61. The van der Waals surface area contributed by atoms with E-state index in [0.29, 0.717) is 31.0 Å². The van der Waals surface area contributed by atoms with E-state index >= 15 is 0 Å². The lowest BCUT2D eigenvalue weighted by Crippen LogP contribution is -2.54. The molecule has 0 spiro atoms. The van der Waals surface area contributed by atoms with Crippen molar-refractivity contribution in [2.24, 2.45) is 0 Å². The predicted molar refractivity (Wildman–Crippen MR) is 90.4 cm³/mol. The third kappa shape index (κ3) is 4.31. The van der Waals surface area contributed by atoms with Gasteiger partial charge in [0.25, 0.3) is 0 Å². The van der Waals surface area contributed by atoms with Crippen LogP contribution < -0.4 is 0 Å². The first-order valence-electron chi connectivity index (χ1n) is 8.17. The summed E-state index contributed by atoms with van der Waals surface area (Å²) in [4.78, 5) is 2.59. The van der Waals surface area contributed by atoms with Crippen molar-refractivity contribution in [1.29, 1.82) is 5.26 Å². The van der Waals surface area contributed by atoms with Crippen molar-refractivity contribution in [3.05, 3.63) is 29.8 Å². The number of benzene rings is 1. The van der Waals surface area contributed by atoms with Gasteiger partial charge in [0.1, 0.15) is 0 Å². The molecule has 0 radical (unpaired) electrons. The van der Waals surface area contributed by atoms with Crippen molar-refractivity contribution in [2.75, 3.05) is 26.2 Å². The quantitative estimate of drug-likeness (QED) is 0.801. The maximum atomic E-state index is 12.8. The Labute approximate surface area is 139 Å². The van der Waals surface area contributed by atoms with Gasteiger partial charge in [0, 0.05) is 25.7 Å². The summed E-state index contributed by atoms with van der Waals surface area (Å²) in [5.74, 6) is 0. The van der Waals surface area contributed by atoms with Gasteiger partial charge >= 0.3 is 0 Å². The highest BCUT2D eigenvalue weighted by molar-refractivity contribution is 7.89. The van der Waals surface area contributed by atoms with Gasteiger partial charge < -0.3 is 0 Å². The number of sulfonamides is 1. The van der Waals surface area contributed by atoms with Crippen molar-refractivity contribution in [2.45, 2.75) is 44.0 Å². The monoisotopic (exact) mass is 335 g/mol. The molecular formula is C17H25N3O2S. The summed E-state index contributed by atoms with van der Waals surface area (Å²) < 4.78 is 27.1. The number of hydrogen-bond donors (Lipinski definition) is 0. The highest BCUT2D eigenvalue weighted by atomic mass is 32.2. The van der Waals surface area contributed by atoms with Crippen LogP contribution in [0.3, 0.4) is 0 Å². The molecule has 6 heteroatoms. The highest BCUT2D eigenvalue weighted by Gasteiger charge is 2.33. The number of unbranched alkanes of at least 4 members (excludes halogenated alkanes) is 1. The number of rotatable bonds is 6. The molecular weight excluding hydrogens is 310 g/mol. The number of aryl methyl sites for hydroxylation is 1. The van der Waals surface area contributed by atoms with E-state index in [-0.39, 0.29) is 6.04 Å². The Morgan fingerprint density at radius 3 is 2.57 bits per heavy atom. The molecule has 0 amide bonds. The molecule has 1 aromatic carbocycles. The van der Waals surface area contributed by atoms with Gasteiger partial charge in [-0.15, -0.1) is 0 Å². The van der Waals surface area contributed by atoms with Crippen molar-refractivity contribution >= 4 is 10.0 Å². The Morgan fingerprint density at radius 2 is 1.96 bits per heavy atom. The molecule has 23 heavy (non-hydrogen) atoms. The Bertz CT molecular complexity index is 649. The van der Waals surface area contributed by atoms with Crippen LogP contribution in [0.15, 0.2) is 29.2 Å². The molecule has 1 atom stereocenters. The van der Waals surface area contributed by atoms with Gasteiger partial charge in [0.2, 0.25) is 10.0 Å². The van der Waals surface area contributed by atoms with E-state index in [1.54, 1.807) is 12.1 Å². The van der Waals surface area contributed by atoms with E-state index in [9.17, 15) is 8.42 Å². The lowest BCUT2D eigenvalue weighted by atomic mass is 10.1. The lowest BCUT2D eigenvalue weighted by Gasteiger charge is -2.40. The zero-order valence-corrected chi connectivity index (χ0v) is 14.7. The Balaban J connectivity index is 2.14. The first-order chi connectivity index (χ1) is 11.0. The zero-order valence-electron chi connectivity index (χ0n) is 13.9. The summed E-state index contributed by atoms with van der Waals surface area (Å²) >= 11 is 0. The SMILES string of the molecule is CCCCN1CCN(S(=O)(=O)c2ccc(C)cc2)CC1CC#N. The third-order valence-electron chi connectivity index (χ3n) is 4.35. The van der Waals surface area contributed by atoms with Crippen molar-refractivity contribution in [3.63, 3.8) is 0 Å². The lowest BCUT2D eigenvalue weighted by molar-refractivity contribution is 0.118. The minimum absolute atomic E-state index is 0.0134. The second-order valence-corrected chi connectivity index (χ2v) is 8.02. The second-order valence-electron chi connectivity index (χ2n) is 6.08. The normalized spacial score (nSPS) is 20.3. The van der Waals surface area contributed by atoms with Crippen LogP contribution in [0, 0.1) is 18.3 Å². The summed E-state index contributed by atoms with van der Waals surface area (Å²) in [6, 6.07) is 9.14. The van der Waals surface area contributed by atoms with E-state index in [1.165, 1.54) is 4.31 Å². The fourth-order valence-corrected chi connectivity index (χ4v) is 4.37. The van der Waals surface area contributed by atoms with E-state index in [4.69, 9.17) is 5.26 Å². The minimum atomic E-state index is -3.48. The van der Waals surface area contributed by atoms with Crippen LogP contribution in [0.2, 0.25) is 0 Å². The number of nitriles is 1. The molecule has 1 heterocycles. The molecule has 1 aliphatic heterocycles. The van der Waals surface area contributed by atoms with Gasteiger partial charge in [-0.25, -0.2) is 8.42 Å². The van der Waals surface area contributed by atoms with Crippen LogP contribution in [0.25, 0.3) is 0 Å². The van der Waals surface area contributed by atoms with E-state index in [2.05, 4.69) is 17.9 Å². The largest absolute Gasteiger partial charge is 0.297 e. The van der Waals surface area contributed by atoms with Crippen LogP contribution >= 0.6 is 0 Å². The van der Waals surface area contributed by atoms with Crippen molar-refractivity contribution in [3.8, 4) is 6.07 Å². The molecule has 0 N–H and O–H groups in total. The van der Waals surface area contributed by atoms with Gasteiger partial charge in [0.15, 0.2) is 0 Å². The van der Waals surface area contributed by atoms with Crippen LogP contribution in [0.1, 0.15) is 31.7 Å². The Hall–Kier alpha value is -1.42. The molecule has 1 unspecified atom stereocenters.